The summed E-state index contributed by atoms with van der Waals surface area (Å²) in [5.74, 6) is -2.05. The van der Waals surface area contributed by atoms with Crippen LogP contribution < -0.4 is 4.90 Å². The Kier molecular flexibility index (Phi) is 4.35. The highest BCUT2D eigenvalue weighted by Crippen LogP contribution is 2.28. The molecule has 1 aromatic heterocycles. The van der Waals surface area contributed by atoms with Crippen LogP contribution in [0.3, 0.4) is 0 Å². The van der Waals surface area contributed by atoms with Crippen LogP contribution in [0.1, 0.15) is 24.3 Å². The molecule has 0 aliphatic carbocycles. The van der Waals surface area contributed by atoms with Crippen molar-refractivity contribution in [2.75, 3.05) is 4.90 Å². The third kappa shape index (κ3) is 2.81. The average molecular weight is 292 g/mol. The smallest absolute Gasteiger partial charge is 0.183 e. The van der Waals surface area contributed by atoms with Crippen LogP contribution in [-0.4, -0.2) is 6.04 Å². The van der Waals surface area contributed by atoms with Crippen LogP contribution in [0.4, 0.5) is 14.5 Å². The topological polar surface area (TPSA) is 27.0 Å². The predicted molar refractivity (Wildman–Crippen MR) is 76.7 cm³/mol. The Morgan fingerprint density at radius 2 is 2.00 bits per heavy atom. The van der Waals surface area contributed by atoms with E-state index >= 15 is 0 Å². The van der Waals surface area contributed by atoms with Crippen molar-refractivity contribution in [3.63, 3.8) is 0 Å². The molecular weight excluding hydrogens is 278 g/mol. The van der Waals surface area contributed by atoms with Gasteiger partial charge in [-0.25, -0.2) is 8.78 Å². The summed E-state index contributed by atoms with van der Waals surface area (Å²) in [6.07, 6.45) is 0. The standard InChI is InChI=1S/C15H14F2N2S/c1-10(2)19(9-12-4-3-7-20-12)13-6-5-11(8-18)14(16)15(13)17/h3-7,10H,9H2,1-2H3. The first-order chi connectivity index (χ1) is 9.54. The molecule has 0 N–H and O–H groups in total. The molecule has 0 unspecified atom stereocenters. The van der Waals surface area contributed by atoms with Crippen LogP contribution in [0.5, 0.6) is 0 Å². The average Bonchev–Trinajstić information content (AvgIpc) is 2.92. The van der Waals surface area contributed by atoms with Crippen molar-refractivity contribution in [1.29, 1.82) is 5.26 Å². The molecule has 0 spiro atoms. The second kappa shape index (κ2) is 6.02. The van der Waals surface area contributed by atoms with Crippen LogP contribution in [0, 0.1) is 23.0 Å². The second-order valence-corrected chi connectivity index (χ2v) is 5.71. The van der Waals surface area contributed by atoms with Gasteiger partial charge in [0.25, 0.3) is 0 Å². The van der Waals surface area contributed by atoms with Gasteiger partial charge >= 0.3 is 0 Å². The van der Waals surface area contributed by atoms with E-state index in [9.17, 15) is 8.78 Å². The highest BCUT2D eigenvalue weighted by molar-refractivity contribution is 7.09. The summed E-state index contributed by atoms with van der Waals surface area (Å²) in [4.78, 5) is 2.86. The van der Waals surface area contributed by atoms with Crippen molar-refractivity contribution in [3.05, 3.63) is 51.7 Å². The molecule has 0 saturated heterocycles. The van der Waals surface area contributed by atoms with Gasteiger partial charge in [-0.15, -0.1) is 11.3 Å². The zero-order valence-electron chi connectivity index (χ0n) is 11.2. The van der Waals surface area contributed by atoms with Crippen LogP contribution >= 0.6 is 11.3 Å². The fraction of sp³-hybridized carbons (Fsp3) is 0.267. The molecule has 1 heterocycles. The first kappa shape index (κ1) is 14.5. The first-order valence-corrected chi connectivity index (χ1v) is 7.09. The Hall–Kier alpha value is -1.93. The van der Waals surface area contributed by atoms with Gasteiger partial charge in [-0.2, -0.15) is 5.26 Å². The van der Waals surface area contributed by atoms with E-state index in [0.29, 0.717) is 6.54 Å². The van der Waals surface area contributed by atoms with Crippen molar-refractivity contribution < 1.29 is 8.78 Å². The van der Waals surface area contributed by atoms with Gasteiger partial charge in [0.2, 0.25) is 0 Å². The number of hydrogen-bond acceptors (Lipinski definition) is 3. The summed E-state index contributed by atoms with van der Waals surface area (Å²) in [7, 11) is 0. The fourth-order valence-electron chi connectivity index (χ4n) is 1.96. The summed E-state index contributed by atoms with van der Waals surface area (Å²) in [6.45, 7) is 4.35. The number of benzene rings is 1. The van der Waals surface area contributed by atoms with E-state index in [0.717, 1.165) is 4.88 Å². The zero-order chi connectivity index (χ0) is 14.7. The summed E-state index contributed by atoms with van der Waals surface area (Å²) < 4.78 is 27.9. The van der Waals surface area contributed by atoms with Crippen LogP contribution in [0.25, 0.3) is 0 Å². The van der Waals surface area contributed by atoms with Crippen molar-refractivity contribution in [1.82, 2.24) is 0 Å². The maximum absolute atomic E-state index is 14.1. The minimum atomic E-state index is -1.08. The Morgan fingerprint density at radius 3 is 2.55 bits per heavy atom. The van der Waals surface area contributed by atoms with Gasteiger partial charge in [-0.05, 0) is 37.4 Å². The van der Waals surface area contributed by atoms with E-state index < -0.39 is 11.6 Å². The lowest BCUT2D eigenvalue weighted by Crippen LogP contribution is -2.30. The number of thiophene rings is 1. The van der Waals surface area contributed by atoms with Crippen molar-refractivity contribution in [3.8, 4) is 6.07 Å². The molecule has 0 aliphatic heterocycles. The molecule has 20 heavy (non-hydrogen) atoms. The minimum Gasteiger partial charge on any atom is -0.362 e. The summed E-state index contributed by atoms with van der Waals surface area (Å²) in [6, 6.07) is 8.32. The molecule has 2 nitrogen and oxygen atoms in total. The molecule has 0 bridgehead atoms. The van der Waals surface area contributed by atoms with Crippen molar-refractivity contribution >= 4 is 17.0 Å². The number of halogens is 2. The lowest BCUT2D eigenvalue weighted by Gasteiger charge is -2.29. The third-order valence-corrected chi connectivity index (χ3v) is 3.88. The molecule has 104 valence electrons. The molecule has 0 aliphatic rings. The normalized spacial score (nSPS) is 10.6. The van der Waals surface area contributed by atoms with E-state index in [1.165, 1.54) is 12.1 Å². The summed E-state index contributed by atoms with van der Waals surface area (Å²) in [5, 5.41) is 10.7. The number of rotatable bonds is 4. The Balaban J connectivity index is 2.40. The fourth-order valence-corrected chi connectivity index (χ4v) is 2.67. The molecule has 5 heteroatoms. The van der Waals surface area contributed by atoms with Gasteiger partial charge in [-0.3, -0.25) is 0 Å². The molecule has 2 aromatic rings. The first-order valence-electron chi connectivity index (χ1n) is 6.21. The maximum Gasteiger partial charge on any atom is 0.183 e. The lowest BCUT2D eigenvalue weighted by atomic mass is 10.1. The molecule has 0 amide bonds. The molecule has 1 aromatic carbocycles. The Labute approximate surface area is 120 Å². The number of nitriles is 1. The van der Waals surface area contributed by atoms with Crippen LogP contribution in [0.2, 0.25) is 0 Å². The van der Waals surface area contributed by atoms with Gasteiger partial charge in [0, 0.05) is 10.9 Å². The van der Waals surface area contributed by atoms with Gasteiger partial charge in [0.15, 0.2) is 11.6 Å². The Morgan fingerprint density at radius 1 is 1.25 bits per heavy atom. The molecule has 0 fully saturated rings. The van der Waals surface area contributed by atoms with Gasteiger partial charge < -0.3 is 4.90 Å². The molecular formula is C15H14F2N2S. The van der Waals surface area contributed by atoms with E-state index in [4.69, 9.17) is 5.26 Å². The number of nitrogens with zero attached hydrogens (tertiary/aromatic N) is 2. The molecule has 0 saturated carbocycles. The quantitative estimate of drug-likeness (QED) is 0.839. The van der Waals surface area contributed by atoms with Crippen LogP contribution in [-0.2, 0) is 6.54 Å². The zero-order valence-corrected chi connectivity index (χ0v) is 12.0. The SMILES string of the molecule is CC(C)N(Cc1cccs1)c1ccc(C#N)c(F)c1F. The third-order valence-electron chi connectivity index (χ3n) is 3.02. The largest absolute Gasteiger partial charge is 0.362 e. The van der Waals surface area contributed by atoms with E-state index in [-0.39, 0.29) is 17.3 Å². The van der Waals surface area contributed by atoms with E-state index in [1.807, 2.05) is 31.4 Å². The van der Waals surface area contributed by atoms with Gasteiger partial charge in [0.1, 0.15) is 6.07 Å². The predicted octanol–water partition coefficient (Wildman–Crippen LogP) is 4.31. The molecule has 2 rings (SSSR count). The second-order valence-electron chi connectivity index (χ2n) is 4.67. The highest BCUT2D eigenvalue weighted by Gasteiger charge is 2.20. The van der Waals surface area contributed by atoms with Gasteiger partial charge in [0.05, 0.1) is 17.8 Å². The van der Waals surface area contributed by atoms with Crippen molar-refractivity contribution in [2.24, 2.45) is 0 Å². The van der Waals surface area contributed by atoms with E-state index in [1.54, 1.807) is 22.3 Å². The monoisotopic (exact) mass is 292 g/mol. The van der Waals surface area contributed by atoms with Crippen molar-refractivity contribution in [2.45, 2.75) is 26.4 Å². The van der Waals surface area contributed by atoms with E-state index in [2.05, 4.69) is 0 Å². The summed E-state index contributed by atoms with van der Waals surface area (Å²) in [5.41, 5.74) is -0.0871. The lowest BCUT2D eigenvalue weighted by molar-refractivity contribution is 0.500. The highest BCUT2D eigenvalue weighted by atomic mass is 32.1. The number of anilines is 1. The van der Waals surface area contributed by atoms with Crippen LogP contribution in [0.15, 0.2) is 29.6 Å². The Bertz CT molecular complexity index is 630. The molecule has 0 radical (unpaired) electrons. The maximum atomic E-state index is 14.1. The molecule has 0 atom stereocenters. The minimum absolute atomic E-state index is 0.0129. The summed E-state index contributed by atoms with van der Waals surface area (Å²) >= 11 is 1.57. The van der Waals surface area contributed by atoms with Gasteiger partial charge in [-0.1, -0.05) is 6.07 Å². The number of hydrogen-bond donors (Lipinski definition) is 0.